The first kappa shape index (κ1) is 17.3. The summed E-state index contributed by atoms with van der Waals surface area (Å²) in [5.41, 5.74) is -3.31. The van der Waals surface area contributed by atoms with E-state index in [2.05, 4.69) is 0 Å². The van der Waals surface area contributed by atoms with E-state index in [-0.39, 0.29) is 0 Å². The molecule has 3 rings (SSSR count). The highest BCUT2D eigenvalue weighted by Crippen LogP contribution is 2.93. The van der Waals surface area contributed by atoms with Crippen molar-refractivity contribution in [3.8, 4) is 0 Å². The van der Waals surface area contributed by atoms with Gasteiger partial charge in [-0.25, -0.2) is 0 Å². The number of fused-ring (bicyclic) bond motifs is 3. The quantitative estimate of drug-likeness (QED) is 0.442. The van der Waals surface area contributed by atoms with Gasteiger partial charge in [0.2, 0.25) is 11.6 Å². The Balaban J connectivity index is 2.26. The number of hydrogen-bond acceptors (Lipinski definition) is 2. The maximum absolute atomic E-state index is 13.1. The van der Waals surface area contributed by atoms with Crippen molar-refractivity contribution < 1.29 is 9.59 Å². The van der Waals surface area contributed by atoms with Crippen LogP contribution in [0.3, 0.4) is 0 Å². The largest absolute Gasteiger partial charge is 0.290 e. The lowest BCUT2D eigenvalue weighted by molar-refractivity contribution is -0.151. The summed E-state index contributed by atoms with van der Waals surface area (Å²) in [4.78, 5) is 26.2. The van der Waals surface area contributed by atoms with E-state index >= 15 is 0 Å². The van der Waals surface area contributed by atoms with Crippen molar-refractivity contribution in [1.82, 2.24) is 0 Å². The van der Waals surface area contributed by atoms with Crippen LogP contribution < -0.4 is 0 Å². The minimum absolute atomic E-state index is 0.400. The molecule has 0 amide bonds. The SMILES string of the molecule is CC(C)(C)[C@]12C(=O)C(=O)[C@]3(C(C)(C)C)[C@@H]([C@H]1C2(Cl)Cl)C3(Cl)Cl. The van der Waals surface area contributed by atoms with Crippen LogP contribution >= 0.6 is 46.4 Å². The molecule has 0 radical (unpaired) electrons. The second-order valence-electron chi connectivity index (χ2n) is 8.98. The fraction of sp³-hybridized carbons (Fsp3) is 0.875. The van der Waals surface area contributed by atoms with E-state index in [0.29, 0.717) is 0 Å². The molecule has 3 saturated carbocycles. The van der Waals surface area contributed by atoms with Crippen molar-refractivity contribution in [2.24, 2.45) is 33.5 Å². The molecule has 3 aliphatic carbocycles. The second-order valence-corrected chi connectivity index (χ2v) is 11.7. The van der Waals surface area contributed by atoms with Crippen molar-refractivity contribution >= 4 is 58.0 Å². The zero-order valence-corrected chi connectivity index (χ0v) is 16.5. The number of carbonyl (C=O) groups is 2. The molecule has 0 unspecified atom stereocenters. The molecule has 0 aromatic heterocycles. The molecular weight excluding hydrogens is 366 g/mol. The molecule has 0 aliphatic heterocycles. The summed E-state index contributed by atoms with van der Waals surface area (Å²) in [7, 11) is 0. The summed E-state index contributed by atoms with van der Waals surface area (Å²) in [5.74, 6) is -1.82. The molecule has 6 heteroatoms. The van der Waals surface area contributed by atoms with Crippen LogP contribution in [0.2, 0.25) is 0 Å². The van der Waals surface area contributed by atoms with E-state index in [1.807, 2.05) is 41.5 Å². The van der Waals surface area contributed by atoms with Crippen molar-refractivity contribution in [3.63, 3.8) is 0 Å². The summed E-state index contributed by atoms with van der Waals surface area (Å²) in [5, 5.41) is 0. The van der Waals surface area contributed by atoms with Gasteiger partial charge in [-0.2, -0.15) is 0 Å². The normalized spacial score (nSPS) is 45.2. The van der Waals surface area contributed by atoms with Crippen LogP contribution in [0, 0.1) is 33.5 Å². The molecule has 4 atom stereocenters. The topological polar surface area (TPSA) is 34.1 Å². The van der Waals surface area contributed by atoms with E-state index in [9.17, 15) is 9.59 Å². The number of halogens is 4. The van der Waals surface area contributed by atoms with Gasteiger partial charge >= 0.3 is 0 Å². The van der Waals surface area contributed by atoms with Crippen LogP contribution in [0.4, 0.5) is 0 Å². The molecule has 0 aromatic rings. The average Bonchev–Trinajstić information content (AvgIpc) is 2.99. The number of Topliss-reactive ketones (excluding diaryl/α,β-unsaturated/α-hetero) is 2. The summed E-state index contributed by atoms with van der Waals surface area (Å²) >= 11 is 26.2. The molecular formula is C16H20Cl4O2. The third kappa shape index (κ3) is 1.33. The first-order chi connectivity index (χ1) is 9.55. The lowest BCUT2D eigenvalue weighted by atomic mass is 9.62. The van der Waals surface area contributed by atoms with Gasteiger partial charge in [-0.05, 0) is 10.8 Å². The number of alkyl halides is 4. The Morgan fingerprint density at radius 1 is 0.682 bits per heavy atom. The lowest BCUT2D eigenvalue weighted by Crippen LogP contribution is -2.50. The predicted molar refractivity (Wildman–Crippen MR) is 89.6 cm³/mol. The minimum Gasteiger partial charge on any atom is -0.290 e. The average molecular weight is 386 g/mol. The molecule has 0 N–H and O–H groups in total. The Morgan fingerprint density at radius 3 is 1.09 bits per heavy atom. The Labute approximate surface area is 151 Å². The second kappa shape index (κ2) is 3.84. The van der Waals surface area contributed by atoms with Crippen LogP contribution in [0.1, 0.15) is 41.5 Å². The zero-order chi connectivity index (χ0) is 17.3. The van der Waals surface area contributed by atoms with Crippen molar-refractivity contribution in [1.29, 1.82) is 0 Å². The molecule has 22 heavy (non-hydrogen) atoms. The van der Waals surface area contributed by atoms with Crippen LogP contribution in [-0.2, 0) is 9.59 Å². The van der Waals surface area contributed by atoms with Gasteiger partial charge < -0.3 is 0 Å². The van der Waals surface area contributed by atoms with Gasteiger partial charge in [0.05, 0.1) is 10.8 Å². The molecule has 0 bridgehead atoms. The van der Waals surface area contributed by atoms with Crippen molar-refractivity contribution in [2.75, 3.05) is 0 Å². The summed E-state index contributed by atoms with van der Waals surface area (Å²) in [6.07, 6.45) is 0. The highest BCUT2D eigenvalue weighted by molar-refractivity contribution is 6.63. The molecule has 3 aliphatic rings. The van der Waals surface area contributed by atoms with Crippen LogP contribution in [-0.4, -0.2) is 20.2 Å². The monoisotopic (exact) mass is 384 g/mol. The minimum atomic E-state index is -1.30. The van der Waals surface area contributed by atoms with Gasteiger partial charge in [-0.1, -0.05) is 41.5 Å². The van der Waals surface area contributed by atoms with E-state index in [1.165, 1.54) is 0 Å². The number of carbonyl (C=O) groups excluding carboxylic acids is 2. The number of ketones is 2. The number of hydrogen-bond donors (Lipinski definition) is 0. The Kier molecular flexibility index (Phi) is 3.03. The molecule has 0 heterocycles. The van der Waals surface area contributed by atoms with Gasteiger partial charge in [0.1, 0.15) is 8.67 Å². The summed E-state index contributed by atoms with van der Waals surface area (Å²) in [6, 6.07) is 0. The highest BCUT2D eigenvalue weighted by atomic mass is 35.5. The maximum atomic E-state index is 13.1. The van der Waals surface area contributed by atoms with Crippen molar-refractivity contribution in [3.05, 3.63) is 0 Å². The Hall–Kier alpha value is 0.500. The van der Waals surface area contributed by atoms with Crippen LogP contribution in [0.25, 0.3) is 0 Å². The Bertz CT molecular complexity index is 557. The fourth-order valence-electron chi connectivity index (χ4n) is 5.34. The van der Waals surface area contributed by atoms with E-state index in [0.717, 1.165) is 0 Å². The van der Waals surface area contributed by atoms with Gasteiger partial charge in [-0.15, -0.1) is 46.4 Å². The first-order valence-electron chi connectivity index (χ1n) is 7.40. The van der Waals surface area contributed by atoms with Gasteiger partial charge in [-0.3, -0.25) is 9.59 Å². The van der Waals surface area contributed by atoms with E-state index < -0.39 is 53.7 Å². The predicted octanol–water partition coefficient (Wildman–Crippen LogP) is 4.81. The molecule has 3 fully saturated rings. The molecule has 0 spiro atoms. The smallest absolute Gasteiger partial charge is 0.209 e. The van der Waals surface area contributed by atoms with Gasteiger partial charge in [0.15, 0.2) is 0 Å². The van der Waals surface area contributed by atoms with E-state index in [1.54, 1.807) is 0 Å². The summed E-state index contributed by atoms with van der Waals surface area (Å²) in [6.45, 7) is 11.3. The maximum Gasteiger partial charge on any atom is 0.209 e. The van der Waals surface area contributed by atoms with Gasteiger partial charge in [0, 0.05) is 11.8 Å². The van der Waals surface area contributed by atoms with Crippen LogP contribution in [0.15, 0.2) is 0 Å². The zero-order valence-electron chi connectivity index (χ0n) is 13.5. The van der Waals surface area contributed by atoms with Gasteiger partial charge in [0.25, 0.3) is 0 Å². The lowest BCUT2D eigenvalue weighted by Gasteiger charge is -2.39. The molecule has 124 valence electrons. The first-order valence-corrected chi connectivity index (χ1v) is 8.91. The third-order valence-electron chi connectivity index (χ3n) is 6.22. The fourth-order valence-corrected chi connectivity index (χ4v) is 8.22. The Morgan fingerprint density at radius 2 is 0.909 bits per heavy atom. The standard InChI is InChI=1S/C16H20Cl4O2/c1-11(2,3)13-7(15(13,17)18)8-14(12(4,5)6,16(8,19)20)10(22)9(13)21/h7-8H,1-6H3/t7-,8-,13-,14+/m1/s1. The summed E-state index contributed by atoms with van der Waals surface area (Å²) < 4.78 is -2.61. The van der Waals surface area contributed by atoms with E-state index in [4.69, 9.17) is 46.4 Å². The van der Waals surface area contributed by atoms with Crippen molar-refractivity contribution in [2.45, 2.75) is 50.2 Å². The highest BCUT2D eigenvalue weighted by Gasteiger charge is 3.01. The molecule has 0 aromatic carbocycles. The third-order valence-corrected chi connectivity index (χ3v) is 8.35. The molecule has 0 saturated heterocycles. The molecule has 2 nitrogen and oxygen atoms in total. The number of rotatable bonds is 0. The van der Waals surface area contributed by atoms with Crippen LogP contribution in [0.5, 0.6) is 0 Å².